The maximum absolute atomic E-state index is 13.7. The van der Waals surface area contributed by atoms with Crippen LogP contribution in [0.25, 0.3) is 0 Å². The molecule has 0 spiro atoms. The summed E-state index contributed by atoms with van der Waals surface area (Å²) in [6.45, 7) is 0.972. The summed E-state index contributed by atoms with van der Waals surface area (Å²) in [5.74, 6) is -0.923. The summed E-state index contributed by atoms with van der Waals surface area (Å²) < 4.78 is 23.9. The van der Waals surface area contributed by atoms with Crippen LogP contribution in [-0.4, -0.2) is 37.1 Å². The van der Waals surface area contributed by atoms with E-state index >= 15 is 0 Å². The Morgan fingerprint density at radius 3 is 2.50 bits per heavy atom. The molecule has 7 heteroatoms. The van der Waals surface area contributed by atoms with Gasteiger partial charge in [0.25, 0.3) is 0 Å². The highest BCUT2D eigenvalue weighted by atomic mass is 19.1. The lowest BCUT2D eigenvalue weighted by Crippen LogP contribution is -2.42. The molecular formula is C21H23FN2O4. The van der Waals surface area contributed by atoms with Crippen molar-refractivity contribution in [2.24, 2.45) is 5.92 Å². The molecule has 6 nitrogen and oxygen atoms in total. The molecular weight excluding hydrogens is 363 g/mol. The van der Waals surface area contributed by atoms with E-state index in [2.05, 4.69) is 5.32 Å². The fourth-order valence-corrected chi connectivity index (χ4v) is 3.11. The molecule has 1 fully saturated rings. The Bertz CT molecular complexity index is 820. The third kappa shape index (κ3) is 5.00. The van der Waals surface area contributed by atoms with Crippen LogP contribution in [0.2, 0.25) is 0 Å². The second-order valence-electron chi connectivity index (χ2n) is 6.63. The smallest absolute Gasteiger partial charge is 0.321 e. The van der Waals surface area contributed by atoms with Crippen LogP contribution in [0.5, 0.6) is 5.75 Å². The van der Waals surface area contributed by atoms with Gasteiger partial charge in [-0.15, -0.1) is 0 Å². The third-order valence-corrected chi connectivity index (χ3v) is 4.74. The number of ether oxygens (including phenoxy) is 2. The van der Waals surface area contributed by atoms with Gasteiger partial charge in [-0.2, -0.15) is 0 Å². The minimum absolute atomic E-state index is 0.00839. The van der Waals surface area contributed by atoms with Crippen LogP contribution in [0.3, 0.4) is 0 Å². The Hall–Kier alpha value is -3.09. The van der Waals surface area contributed by atoms with E-state index in [1.807, 2.05) is 30.3 Å². The highest BCUT2D eigenvalue weighted by Crippen LogP contribution is 2.22. The number of hydrogen-bond donors (Lipinski definition) is 1. The van der Waals surface area contributed by atoms with Gasteiger partial charge in [0.1, 0.15) is 6.61 Å². The third-order valence-electron chi connectivity index (χ3n) is 4.74. The average Bonchev–Trinajstić information content (AvgIpc) is 2.73. The minimum Gasteiger partial charge on any atom is -0.494 e. The van der Waals surface area contributed by atoms with Crippen molar-refractivity contribution in [1.82, 2.24) is 4.90 Å². The molecule has 2 amide bonds. The van der Waals surface area contributed by atoms with Gasteiger partial charge in [0.2, 0.25) is 0 Å². The van der Waals surface area contributed by atoms with Crippen LogP contribution >= 0.6 is 0 Å². The van der Waals surface area contributed by atoms with E-state index in [1.54, 1.807) is 11.0 Å². The van der Waals surface area contributed by atoms with Crippen LogP contribution < -0.4 is 10.1 Å². The number of piperidine rings is 1. The van der Waals surface area contributed by atoms with Gasteiger partial charge < -0.3 is 19.7 Å². The van der Waals surface area contributed by atoms with E-state index in [0.717, 1.165) is 5.69 Å². The van der Waals surface area contributed by atoms with E-state index in [4.69, 9.17) is 9.47 Å². The van der Waals surface area contributed by atoms with Gasteiger partial charge in [-0.1, -0.05) is 24.3 Å². The number of halogens is 1. The van der Waals surface area contributed by atoms with Crippen LogP contribution in [-0.2, 0) is 16.1 Å². The van der Waals surface area contributed by atoms with Crippen molar-refractivity contribution in [3.63, 3.8) is 0 Å². The number of nitrogens with zero attached hydrogens (tertiary/aromatic N) is 1. The quantitative estimate of drug-likeness (QED) is 0.794. The summed E-state index contributed by atoms with van der Waals surface area (Å²) in [7, 11) is 1.39. The molecule has 1 heterocycles. The molecule has 0 aromatic heterocycles. The molecule has 0 atom stereocenters. The highest BCUT2D eigenvalue weighted by Gasteiger charge is 2.28. The Balaban J connectivity index is 1.44. The number of carbonyl (C=O) groups excluding carboxylic acids is 2. The first kappa shape index (κ1) is 19.7. The lowest BCUT2D eigenvalue weighted by Gasteiger charge is -2.31. The molecule has 1 saturated heterocycles. The standard InChI is InChI=1S/C21H23FN2O4/c1-27-19-8-7-15(13-18(19)22)14-28-20(25)16-9-11-24(12-10-16)21(26)23-17-5-3-2-4-6-17/h2-8,13,16H,9-12,14H2,1H3,(H,23,26). The minimum atomic E-state index is -0.492. The van der Waals surface area contributed by atoms with Crippen molar-refractivity contribution < 1.29 is 23.5 Å². The van der Waals surface area contributed by atoms with Gasteiger partial charge in [-0.25, -0.2) is 9.18 Å². The molecule has 2 aromatic carbocycles. The zero-order valence-corrected chi connectivity index (χ0v) is 15.7. The first-order valence-electron chi connectivity index (χ1n) is 9.17. The molecule has 0 unspecified atom stereocenters. The van der Waals surface area contributed by atoms with Crippen LogP contribution in [0, 0.1) is 11.7 Å². The van der Waals surface area contributed by atoms with Gasteiger partial charge in [0.05, 0.1) is 13.0 Å². The Morgan fingerprint density at radius 1 is 1.14 bits per heavy atom. The first-order chi connectivity index (χ1) is 13.6. The second-order valence-corrected chi connectivity index (χ2v) is 6.63. The number of rotatable bonds is 5. The molecule has 1 aliphatic heterocycles. The van der Waals surface area contributed by atoms with E-state index in [-0.39, 0.29) is 30.3 Å². The molecule has 0 radical (unpaired) electrons. The van der Waals surface area contributed by atoms with Gasteiger partial charge >= 0.3 is 12.0 Å². The van der Waals surface area contributed by atoms with Crippen molar-refractivity contribution >= 4 is 17.7 Å². The number of para-hydroxylation sites is 1. The lowest BCUT2D eigenvalue weighted by molar-refractivity contribution is -0.151. The highest BCUT2D eigenvalue weighted by molar-refractivity contribution is 5.89. The number of likely N-dealkylation sites (tertiary alicyclic amines) is 1. The molecule has 0 aliphatic carbocycles. The fourth-order valence-electron chi connectivity index (χ4n) is 3.11. The SMILES string of the molecule is COc1ccc(COC(=O)C2CCN(C(=O)Nc3ccccc3)CC2)cc1F. The van der Waals surface area contributed by atoms with Crippen LogP contribution in [0.4, 0.5) is 14.9 Å². The summed E-state index contributed by atoms with van der Waals surface area (Å²) >= 11 is 0. The van der Waals surface area contributed by atoms with Gasteiger partial charge in [0.15, 0.2) is 11.6 Å². The molecule has 0 bridgehead atoms. The van der Waals surface area contributed by atoms with Crippen molar-refractivity contribution in [3.05, 3.63) is 59.9 Å². The molecule has 28 heavy (non-hydrogen) atoms. The van der Waals surface area contributed by atoms with E-state index in [9.17, 15) is 14.0 Å². The number of benzene rings is 2. The maximum atomic E-state index is 13.7. The van der Waals surface area contributed by atoms with Crippen LogP contribution in [0.15, 0.2) is 48.5 Å². The predicted octanol–water partition coefficient (Wildman–Crippen LogP) is 3.82. The Labute approximate surface area is 163 Å². The number of methoxy groups -OCH3 is 1. The average molecular weight is 386 g/mol. The van der Waals surface area contributed by atoms with Gasteiger partial charge in [-0.05, 0) is 42.7 Å². The van der Waals surface area contributed by atoms with Crippen molar-refractivity contribution in [2.45, 2.75) is 19.4 Å². The van der Waals surface area contributed by atoms with Crippen LogP contribution in [0.1, 0.15) is 18.4 Å². The molecule has 2 aromatic rings. The second kappa shape index (κ2) is 9.21. The fraction of sp³-hybridized carbons (Fsp3) is 0.333. The molecule has 1 aliphatic rings. The zero-order chi connectivity index (χ0) is 19.9. The number of nitrogens with one attached hydrogen (secondary N) is 1. The number of urea groups is 1. The predicted molar refractivity (Wildman–Crippen MR) is 103 cm³/mol. The summed E-state index contributed by atoms with van der Waals surface area (Å²) in [5.41, 5.74) is 1.30. The summed E-state index contributed by atoms with van der Waals surface area (Å²) in [6, 6.07) is 13.5. The van der Waals surface area contributed by atoms with Crippen molar-refractivity contribution in [2.75, 3.05) is 25.5 Å². The van der Waals surface area contributed by atoms with E-state index in [1.165, 1.54) is 19.2 Å². The maximum Gasteiger partial charge on any atom is 0.321 e. The number of anilines is 1. The van der Waals surface area contributed by atoms with Crippen molar-refractivity contribution in [1.29, 1.82) is 0 Å². The zero-order valence-electron chi connectivity index (χ0n) is 15.7. The van der Waals surface area contributed by atoms with Gasteiger partial charge in [0, 0.05) is 18.8 Å². The number of amides is 2. The summed E-state index contributed by atoms with van der Waals surface area (Å²) in [5, 5.41) is 2.84. The number of hydrogen-bond acceptors (Lipinski definition) is 4. The molecule has 148 valence electrons. The van der Waals surface area contributed by atoms with E-state index in [0.29, 0.717) is 31.5 Å². The monoisotopic (exact) mass is 386 g/mol. The Morgan fingerprint density at radius 2 is 1.86 bits per heavy atom. The Kier molecular flexibility index (Phi) is 6.47. The van der Waals surface area contributed by atoms with Gasteiger partial charge in [-0.3, -0.25) is 4.79 Å². The largest absolute Gasteiger partial charge is 0.494 e. The normalized spacial score (nSPS) is 14.4. The lowest BCUT2D eigenvalue weighted by atomic mass is 9.97. The molecule has 3 rings (SSSR count). The number of carbonyl (C=O) groups is 2. The topological polar surface area (TPSA) is 67.9 Å². The first-order valence-corrected chi connectivity index (χ1v) is 9.17. The molecule has 1 N–H and O–H groups in total. The number of esters is 1. The van der Waals surface area contributed by atoms with Crippen molar-refractivity contribution in [3.8, 4) is 5.75 Å². The summed E-state index contributed by atoms with van der Waals surface area (Å²) in [4.78, 5) is 26.3. The summed E-state index contributed by atoms with van der Waals surface area (Å²) in [6.07, 6.45) is 1.08. The molecule has 0 saturated carbocycles. The van der Waals surface area contributed by atoms with E-state index < -0.39 is 5.82 Å².